The molecule has 0 atom stereocenters. The Morgan fingerprint density at radius 1 is 0.821 bits per heavy atom. The van der Waals surface area contributed by atoms with Crippen LogP contribution in [0.1, 0.15) is 21.5 Å². The van der Waals surface area contributed by atoms with E-state index in [9.17, 15) is 9.59 Å². The van der Waals surface area contributed by atoms with Crippen LogP contribution in [-0.2, 0) is 4.74 Å². The lowest BCUT2D eigenvalue weighted by molar-refractivity contribution is 0.0937. The maximum Gasteiger partial charge on any atom is 0.323 e. The highest BCUT2D eigenvalue weighted by atomic mass is 16.5. The monoisotopic (exact) mass is 531 g/mol. The zero-order valence-electron chi connectivity index (χ0n) is 23.0. The molecule has 1 aliphatic heterocycles. The lowest BCUT2D eigenvalue weighted by atomic mass is 10.1. The standard InChI is InChI=1S/C30H37N5O4/c1-21-8-7-9-22(2)28(21)33-30(37)32-23-12-13-25(24(20-23)29(36)31-14-19-38-3)34-15-17-35(18-16-34)26-10-5-6-11-27(26)39-4/h5-13,20H,14-19H2,1-4H3,(H,31,36)(H2,32,33,37). The second-order valence-corrected chi connectivity index (χ2v) is 9.47. The van der Waals surface area contributed by atoms with Crippen LogP contribution in [0.2, 0.25) is 0 Å². The van der Waals surface area contributed by atoms with Crippen LogP contribution in [0.5, 0.6) is 5.75 Å². The second-order valence-electron chi connectivity index (χ2n) is 9.47. The Morgan fingerprint density at radius 3 is 2.15 bits per heavy atom. The first-order valence-electron chi connectivity index (χ1n) is 13.1. The van der Waals surface area contributed by atoms with E-state index in [1.165, 1.54) is 0 Å². The maximum atomic E-state index is 13.2. The molecule has 3 aromatic rings. The summed E-state index contributed by atoms with van der Waals surface area (Å²) in [5, 5.41) is 8.73. The van der Waals surface area contributed by atoms with Crippen molar-refractivity contribution in [2.75, 3.05) is 74.0 Å². The van der Waals surface area contributed by atoms with Gasteiger partial charge in [-0.3, -0.25) is 4.79 Å². The molecule has 0 aromatic heterocycles. The van der Waals surface area contributed by atoms with Gasteiger partial charge in [-0.05, 0) is 55.3 Å². The van der Waals surface area contributed by atoms with E-state index in [1.54, 1.807) is 20.3 Å². The van der Waals surface area contributed by atoms with Crippen LogP contribution in [-0.4, -0.2) is 65.5 Å². The van der Waals surface area contributed by atoms with E-state index in [1.807, 2.05) is 62.4 Å². The fraction of sp³-hybridized carbons (Fsp3) is 0.333. The summed E-state index contributed by atoms with van der Waals surface area (Å²) < 4.78 is 10.6. The molecule has 39 heavy (non-hydrogen) atoms. The van der Waals surface area contributed by atoms with Gasteiger partial charge in [0.15, 0.2) is 0 Å². The number of carbonyl (C=O) groups is 2. The van der Waals surface area contributed by atoms with Gasteiger partial charge in [0.05, 0.1) is 25.0 Å². The van der Waals surface area contributed by atoms with Gasteiger partial charge in [0.25, 0.3) is 5.91 Å². The Bertz CT molecular complexity index is 1280. The number of nitrogens with one attached hydrogen (secondary N) is 3. The van der Waals surface area contributed by atoms with Gasteiger partial charge in [-0.15, -0.1) is 0 Å². The number of amides is 3. The fourth-order valence-corrected chi connectivity index (χ4v) is 4.80. The summed E-state index contributed by atoms with van der Waals surface area (Å²) in [6.45, 7) is 7.73. The van der Waals surface area contributed by atoms with Crippen LogP contribution in [0.15, 0.2) is 60.7 Å². The van der Waals surface area contributed by atoms with Crippen LogP contribution in [0.25, 0.3) is 0 Å². The molecular weight excluding hydrogens is 494 g/mol. The SMILES string of the molecule is COCCNC(=O)c1cc(NC(=O)Nc2c(C)cccc2C)ccc1N1CCN(c2ccccc2OC)CC1. The predicted octanol–water partition coefficient (Wildman–Crippen LogP) is 4.66. The summed E-state index contributed by atoms with van der Waals surface area (Å²) in [6.07, 6.45) is 0. The topological polar surface area (TPSA) is 95.2 Å². The van der Waals surface area contributed by atoms with E-state index in [0.717, 1.165) is 60.1 Å². The lowest BCUT2D eigenvalue weighted by Gasteiger charge is -2.38. The first-order valence-corrected chi connectivity index (χ1v) is 13.1. The number of ether oxygens (including phenoxy) is 2. The fourth-order valence-electron chi connectivity index (χ4n) is 4.80. The average molecular weight is 532 g/mol. The molecule has 3 N–H and O–H groups in total. The molecule has 0 unspecified atom stereocenters. The van der Waals surface area contributed by atoms with Crippen molar-refractivity contribution in [2.24, 2.45) is 0 Å². The summed E-state index contributed by atoms with van der Waals surface area (Å²) >= 11 is 0. The molecule has 1 aliphatic rings. The van der Waals surface area contributed by atoms with Crippen molar-refractivity contribution in [3.8, 4) is 5.75 Å². The van der Waals surface area contributed by atoms with Gasteiger partial charge in [0.1, 0.15) is 5.75 Å². The Morgan fingerprint density at radius 2 is 1.49 bits per heavy atom. The van der Waals surface area contributed by atoms with Crippen molar-refractivity contribution in [2.45, 2.75) is 13.8 Å². The normalized spacial score (nSPS) is 13.1. The molecule has 1 saturated heterocycles. The van der Waals surface area contributed by atoms with Gasteiger partial charge < -0.3 is 35.2 Å². The summed E-state index contributed by atoms with van der Waals surface area (Å²) in [7, 11) is 3.28. The number of carbonyl (C=O) groups excluding carboxylic acids is 2. The van der Waals surface area contributed by atoms with Gasteiger partial charge >= 0.3 is 6.03 Å². The van der Waals surface area contributed by atoms with E-state index in [0.29, 0.717) is 24.4 Å². The van der Waals surface area contributed by atoms with E-state index in [-0.39, 0.29) is 11.9 Å². The number of aryl methyl sites for hydroxylation is 2. The molecule has 4 rings (SSSR count). The smallest absolute Gasteiger partial charge is 0.323 e. The molecule has 0 saturated carbocycles. The zero-order chi connectivity index (χ0) is 27.8. The van der Waals surface area contributed by atoms with E-state index in [4.69, 9.17) is 9.47 Å². The zero-order valence-corrected chi connectivity index (χ0v) is 23.0. The highest BCUT2D eigenvalue weighted by molar-refractivity contribution is 6.04. The molecule has 3 aromatic carbocycles. The average Bonchev–Trinajstić information content (AvgIpc) is 2.95. The van der Waals surface area contributed by atoms with E-state index in [2.05, 4.69) is 31.8 Å². The van der Waals surface area contributed by atoms with Crippen LogP contribution in [0.4, 0.5) is 27.5 Å². The second kappa shape index (κ2) is 13.0. The largest absolute Gasteiger partial charge is 0.495 e. The first-order chi connectivity index (χ1) is 18.9. The summed E-state index contributed by atoms with van der Waals surface area (Å²) in [6, 6.07) is 19.0. The minimum absolute atomic E-state index is 0.215. The maximum absolute atomic E-state index is 13.2. The van der Waals surface area contributed by atoms with E-state index >= 15 is 0 Å². The molecule has 0 bridgehead atoms. The molecular formula is C30H37N5O4. The van der Waals surface area contributed by atoms with Crippen LogP contribution in [0.3, 0.4) is 0 Å². The van der Waals surface area contributed by atoms with Crippen LogP contribution in [0, 0.1) is 13.8 Å². The van der Waals surface area contributed by atoms with Crippen LogP contribution >= 0.6 is 0 Å². The highest BCUT2D eigenvalue weighted by Gasteiger charge is 2.24. The summed E-state index contributed by atoms with van der Waals surface area (Å²) in [4.78, 5) is 30.5. The van der Waals surface area contributed by atoms with Gasteiger partial charge in [-0.1, -0.05) is 30.3 Å². The quantitative estimate of drug-likeness (QED) is 0.348. The highest BCUT2D eigenvalue weighted by Crippen LogP contribution is 2.31. The Balaban J connectivity index is 1.51. The molecule has 0 aliphatic carbocycles. The number of anilines is 4. The third-order valence-corrected chi connectivity index (χ3v) is 6.86. The van der Waals surface area contributed by atoms with Gasteiger partial charge in [-0.2, -0.15) is 0 Å². The number of benzene rings is 3. The number of rotatable bonds is 9. The summed E-state index contributed by atoms with van der Waals surface area (Å²) in [5.74, 6) is 0.631. The molecule has 0 radical (unpaired) electrons. The summed E-state index contributed by atoms with van der Waals surface area (Å²) in [5.41, 5.74) is 5.65. The van der Waals surface area contributed by atoms with Crippen molar-refractivity contribution < 1.29 is 19.1 Å². The molecule has 9 heteroatoms. The minimum atomic E-state index is -0.365. The molecule has 9 nitrogen and oxygen atoms in total. The molecule has 3 amide bonds. The number of urea groups is 1. The minimum Gasteiger partial charge on any atom is -0.495 e. The molecule has 0 spiro atoms. The molecule has 1 fully saturated rings. The number of piperazine rings is 1. The van der Waals surface area contributed by atoms with Crippen molar-refractivity contribution in [1.82, 2.24) is 5.32 Å². The number of hydrogen-bond donors (Lipinski definition) is 3. The number of methoxy groups -OCH3 is 2. The third-order valence-electron chi connectivity index (χ3n) is 6.86. The number of para-hydroxylation sites is 3. The molecule has 206 valence electrons. The molecule has 1 heterocycles. The van der Waals surface area contributed by atoms with Crippen molar-refractivity contribution >= 4 is 34.7 Å². The van der Waals surface area contributed by atoms with Crippen molar-refractivity contribution in [3.63, 3.8) is 0 Å². The third kappa shape index (κ3) is 6.80. The Kier molecular flexibility index (Phi) is 9.27. The lowest BCUT2D eigenvalue weighted by Crippen LogP contribution is -2.47. The predicted molar refractivity (Wildman–Crippen MR) is 157 cm³/mol. The number of hydrogen-bond acceptors (Lipinski definition) is 6. The Hall–Kier alpha value is -4.24. The van der Waals surface area contributed by atoms with E-state index < -0.39 is 0 Å². The Labute approximate surface area is 230 Å². The van der Waals surface area contributed by atoms with Crippen LogP contribution < -0.4 is 30.5 Å². The van der Waals surface area contributed by atoms with Crippen molar-refractivity contribution in [3.05, 3.63) is 77.4 Å². The van der Waals surface area contributed by atoms with Gasteiger partial charge in [-0.25, -0.2) is 4.79 Å². The number of nitrogens with zero attached hydrogens (tertiary/aromatic N) is 2. The first kappa shape index (κ1) is 27.8. The van der Waals surface area contributed by atoms with Crippen molar-refractivity contribution in [1.29, 1.82) is 0 Å². The van der Waals surface area contributed by atoms with Gasteiger partial charge in [0, 0.05) is 56.9 Å². The van der Waals surface area contributed by atoms with Gasteiger partial charge in [0.2, 0.25) is 0 Å².